The van der Waals surface area contributed by atoms with E-state index < -0.39 is 16.0 Å². The van der Waals surface area contributed by atoms with Crippen molar-refractivity contribution in [1.29, 1.82) is 0 Å². The van der Waals surface area contributed by atoms with Crippen molar-refractivity contribution in [3.05, 3.63) is 71.3 Å². The van der Waals surface area contributed by atoms with Gasteiger partial charge >= 0.3 is 5.97 Å². The zero-order chi connectivity index (χ0) is 18.9. The second kappa shape index (κ2) is 7.13. The number of benzene rings is 2. The summed E-state index contributed by atoms with van der Waals surface area (Å²) in [5.74, 6) is -0.654. The van der Waals surface area contributed by atoms with Gasteiger partial charge in [-0.3, -0.25) is 4.31 Å². The summed E-state index contributed by atoms with van der Waals surface area (Å²) in [5, 5.41) is 0.185. The van der Waals surface area contributed by atoms with Crippen LogP contribution in [-0.4, -0.2) is 27.0 Å². The molecule has 3 rings (SSSR count). The van der Waals surface area contributed by atoms with E-state index in [4.69, 9.17) is 16.3 Å². The highest BCUT2D eigenvalue weighted by atomic mass is 35.5. The second-order valence-corrected chi connectivity index (χ2v) is 8.45. The SMILES string of the molecule is C=C(Cl)COC(=O)c1cccc(S(=O)(=O)N2c3ccccc3C[C@H]2C)c1. The number of halogens is 1. The standard InChI is InChI=1S/C19H18ClNO4S/c1-13(20)12-25-19(22)16-7-5-8-17(11-16)26(23,24)21-14(2)10-15-6-3-4-9-18(15)21/h3-9,11,14H,1,10,12H2,2H3/t14-/m1/s1. The van der Waals surface area contributed by atoms with E-state index in [0.717, 1.165) is 5.56 Å². The van der Waals surface area contributed by atoms with Crippen LogP contribution in [0.15, 0.2) is 65.0 Å². The predicted octanol–water partition coefficient (Wildman–Crippen LogP) is 3.74. The van der Waals surface area contributed by atoms with Crippen molar-refractivity contribution in [2.45, 2.75) is 24.3 Å². The molecule has 1 heterocycles. The quantitative estimate of drug-likeness (QED) is 0.728. The Morgan fingerprint density at radius 3 is 2.73 bits per heavy atom. The lowest BCUT2D eigenvalue weighted by Gasteiger charge is -2.24. The van der Waals surface area contributed by atoms with Crippen LogP contribution in [0.3, 0.4) is 0 Å². The van der Waals surface area contributed by atoms with Crippen molar-refractivity contribution >= 4 is 33.3 Å². The molecule has 0 fully saturated rings. The zero-order valence-electron chi connectivity index (χ0n) is 14.2. The Labute approximate surface area is 157 Å². The smallest absolute Gasteiger partial charge is 0.338 e. The van der Waals surface area contributed by atoms with Crippen molar-refractivity contribution < 1.29 is 17.9 Å². The van der Waals surface area contributed by atoms with Crippen molar-refractivity contribution in [2.24, 2.45) is 0 Å². The van der Waals surface area contributed by atoms with Gasteiger partial charge in [-0.15, -0.1) is 0 Å². The monoisotopic (exact) mass is 391 g/mol. The number of esters is 1. The van der Waals surface area contributed by atoms with Crippen LogP contribution >= 0.6 is 11.6 Å². The minimum absolute atomic E-state index is 0.0419. The van der Waals surface area contributed by atoms with Crippen LogP contribution in [0.2, 0.25) is 0 Å². The maximum atomic E-state index is 13.2. The van der Waals surface area contributed by atoms with Gasteiger partial charge in [0.1, 0.15) is 6.61 Å². The highest BCUT2D eigenvalue weighted by Gasteiger charge is 2.36. The summed E-state index contributed by atoms with van der Waals surface area (Å²) in [7, 11) is -3.81. The first kappa shape index (κ1) is 18.5. The van der Waals surface area contributed by atoms with Crippen LogP contribution < -0.4 is 4.31 Å². The molecule has 26 heavy (non-hydrogen) atoms. The third kappa shape index (κ3) is 3.48. The molecular weight excluding hydrogens is 374 g/mol. The second-order valence-electron chi connectivity index (χ2n) is 6.10. The molecule has 0 amide bonds. The molecule has 0 bridgehead atoms. The average molecular weight is 392 g/mol. The summed E-state index contributed by atoms with van der Waals surface area (Å²) in [5.41, 5.74) is 1.80. The molecule has 0 saturated carbocycles. The van der Waals surface area contributed by atoms with E-state index in [2.05, 4.69) is 6.58 Å². The molecule has 1 aliphatic heterocycles. The van der Waals surface area contributed by atoms with E-state index in [1.54, 1.807) is 6.07 Å². The topological polar surface area (TPSA) is 63.7 Å². The van der Waals surface area contributed by atoms with Gasteiger partial charge in [-0.1, -0.05) is 42.4 Å². The molecule has 136 valence electrons. The van der Waals surface area contributed by atoms with Crippen LogP contribution in [0.25, 0.3) is 0 Å². The molecule has 0 spiro atoms. The highest BCUT2D eigenvalue weighted by molar-refractivity contribution is 7.92. The number of rotatable bonds is 5. The van der Waals surface area contributed by atoms with Crippen LogP contribution in [0, 0.1) is 0 Å². The first-order chi connectivity index (χ1) is 12.3. The molecule has 0 saturated heterocycles. The minimum Gasteiger partial charge on any atom is -0.456 e. The third-order valence-electron chi connectivity index (χ3n) is 4.13. The van der Waals surface area contributed by atoms with Gasteiger partial charge in [-0.2, -0.15) is 0 Å². The molecule has 0 N–H and O–H groups in total. The van der Waals surface area contributed by atoms with Crippen LogP contribution in [-0.2, 0) is 21.2 Å². The van der Waals surface area contributed by atoms with Crippen molar-refractivity contribution in [1.82, 2.24) is 0 Å². The maximum absolute atomic E-state index is 13.2. The number of sulfonamides is 1. The average Bonchev–Trinajstić information content (AvgIpc) is 2.96. The van der Waals surface area contributed by atoms with E-state index in [1.165, 1.54) is 28.6 Å². The number of ether oxygens (including phenoxy) is 1. The van der Waals surface area contributed by atoms with Gasteiger partial charge in [0, 0.05) is 11.1 Å². The van der Waals surface area contributed by atoms with E-state index in [0.29, 0.717) is 12.1 Å². The Hall–Kier alpha value is -2.31. The summed E-state index contributed by atoms with van der Waals surface area (Å²) in [6.45, 7) is 5.18. The zero-order valence-corrected chi connectivity index (χ0v) is 15.8. The Bertz CT molecular complexity index is 971. The molecule has 2 aromatic rings. The lowest BCUT2D eigenvalue weighted by atomic mass is 10.1. The van der Waals surface area contributed by atoms with Crippen molar-refractivity contribution in [2.75, 3.05) is 10.9 Å². The summed E-state index contributed by atoms with van der Waals surface area (Å²) in [4.78, 5) is 12.1. The molecular formula is C19H18ClNO4S. The molecule has 1 atom stereocenters. The summed E-state index contributed by atoms with van der Waals surface area (Å²) in [6, 6.07) is 13.0. The fraction of sp³-hybridized carbons (Fsp3) is 0.211. The first-order valence-electron chi connectivity index (χ1n) is 8.03. The van der Waals surface area contributed by atoms with E-state index >= 15 is 0 Å². The molecule has 0 aliphatic carbocycles. The highest BCUT2D eigenvalue weighted by Crippen LogP contribution is 2.36. The summed E-state index contributed by atoms with van der Waals surface area (Å²) in [6.07, 6.45) is 0.648. The van der Waals surface area contributed by atoms with Crippen molar-refractivity contribution in [3.8, 4) is 0 Å². The van der Waals surface area contributed by atoms with Gasteiger partial charge in [-0.25, -0.2) is 13.2 Å². The lowest BCUT2D eigenvalue weighted by Crippen LogP contribution is -2.35. The fourth-order valence-corrected chi connectivity index (χ4v) is 4.82. The molecule has 5 nitrogen and oxygen atoms in total. The normalized spacial score (nSPS) is 16.2. The number of nitrogens with zero attached hydrogens (tertiary/aromatic N) is 1. The number of carbonyl (C=O) groups excluding carboxylic acids is 1. The van der Waals surface area contributed by atoms with Gasteiger partial charge in [0.05, 0.1) is 16.1 Å². The van der Waals surface area contributed by atoms with E-state index in [-0.39, 0.29) is 28.1 Å². The Balaban J connectivity index is 1.95. The fourth-order valence-electron chi connectivity index (χ4n) is 3.03. The molecule has 0 unspecified atom stereocenters. The number of hydrogen-bond acceptors (Lipinski definition) is 4. The predicted molar refractivity (Wildman–Crippen MR) is 101 cm³/mol. The summed E-state index contributed by atoms with van der Waals surface area (Å²) < 4.78 is 32.8. The minimum atomic E-state index is -3.81. The number of para-hydroxylation sites is 1. The van der Waals surface area contributed by atoms with Gasteiger partial charge in [-0.05, 0) is 43.2 Å². The van der Waals surface area contributed by atoms with E-state index in [1.807, 2.05) is 25.1 Å². The third-order valence-corrected chi connectivity index (χ3v) is 6.16. The lowest BCUT2D eigenvalue weighted by molar-refractivity contribution is 0.0546. The number of fused-ring (bicyclic) bond motifs is 1. The molecule has 2 aromatic carbocycles. The Morgan fingerprint density at radius 2 is 2.00 bits per heavy atom. The maximum Gasteiger partial charge on any atom is 0.338 e. The molecule has 0 radical (unpaired) electrons. The number of carbonyl (C=O) groups is 1. The van der Waals surface area contributed by atoms with E-state index in [9.17, 15) is 13.2 Å². The number of anilines is 1. The Kier molecular flexibility index (Phi) is 5.07. The first-order valence-corrected chi connectivity index (χ1v) is 9.85. The Morgan fingerprint density at radius 1 is 1.27 bits per heavy atom. The summed E-state index contributed by atoms with van der Waals surface area (Å²) >= 11 is 5.59. The van der Waals surface area contributed by atoms with Gasteiger partial charge < -0.3 is 4.74 Å². The number of hydrogen-bond donors (Lipinski definition) is 0. The molecule has 1 aliphatic rings. The van der Waals surface area contributed by atoms with Crippen LogP contribution in [0.1, 0.15) is 22.8 Å². The van der Waals surface area contributed by atoms with Crippen molar-refractivity contribution in [3.63, 3.8) is 0 Å². The van der Waals surface area contributed by atoms with Crippen LogP contribution in [0.5, 0.6) is 0 Å². The van der Waals surface area contributed by atoms with Crippen LogP contribution in [0.4, 0.5) is 5.69 Å². The molecule has 7 heteroatoms. The van der Waals surface area contributed by atoms with Gasteiger partial charge in [0.2, 0.25) is 0 Å². The van der Waals surface area contributed by atoms with Gasteiger partial charge in [0.15, 0.2) is 0 Å². The largest absolute Gasteiger partial charge is 0.456 e. The van der Waals surface area contributed by atoms with Gasteiger partial charge in [0.25, 0.3) is 10.0 Å². The molecule has 0 aromatic heterocycles.